The van der Waals surface area contributed by atoms with E-state index in [9.17, 15) is 13.2 Å². The third-order valence-electron chi connectivity index (χ3n) is 2.84. The second kappa shape index (κ2) is 7.35. The number of nitrogens with one attached hydrogen (secondary N) is 1. The molecular weight excluding hydrogens is 441 g/mol. The number of ether oxygens (including phenoxy) is 1. The molecule has 0 aliphatic heterocycles. The van der Waals surface area contributed by atoms with Crippen molar-refractivity contribution < 1.29 is 17.9 Å². The fraction of sp³-hybridized carbons (Fsp3) is 0.133. The van der Waals surface area contributed by atoms with Gasteiger partial charge in [0.05, 0.1) is 33.5 Å². The van der Waals surface area contributed by atoms with Crippen LogP contribution in [0.1, 0.15) is 11.1 Å². The Bertz CT molecular complexity index is 693. The van der Waals surface area contributed by atoms with Gasteiger partial charge in [-0.1, -0.05) is 0 Å². The third kappa shape index (κ3) is 4.71. The number of benzene rings is 2. The average Bonchev–Trinajstić information content (AvgIpc) is 2.46. The zero-order valence-electron chi connectivity index (χ0n) is 11.8. The Morgan fingerprint density at radius 3 is 2.13 bits per heavy atom. The Hall–Kier alpha value is -1.54. The summed E-state index contributed by atoms with van der Waals surface area (Å²) in [6, 6.07) is 8.25. The fourth-order valence-corrected chi connectivity index (χ4v) is 3.31. The number of hydrazone groups is 1. The summed E-state index contributed by atoms with van der Waals surface area (Å²) < 4.78 is 44.1. The highest BCUT2D eigenvalue weighted by molar-refractivity contribution is 9.11. The van der Waals surface area contributed by atoms with E-state index in [1.807, 2.05) is 12.1 Å². The average molecular weight is 452 g/mol. The molecule has 0 unspecified atom stereocenters. The van der Waals surface area contributed by atoms with Crippen molar-refractivity contribution in [3.63, 3.8) is 0 Å². The molecule has 0 radical (unpaired) electrons. The molecule has 1 N–H and O–H groups in total. The quantitative estimate of drug-likeness (QED) is 0.478. The predicted octanol–water partition coefficient (Wildman–Crippen LogP) is 5.69. The summed E-state index contributed by atoms with van der Waals surface area (Å²) in [6.45, 7) is 0. The topological polar surface area (TPSA) is 33.6 Å². The summed E-state index contributed by atoms with van der Waals surface area (Å²) in [5.74, 6) is 0.665. The lowest BCUT2D eigenvalue weighted by Gasteiger charge is -2.08. The maximum atomic E-state index is 12.5. The molecule has 2 aromatic carbocycles. The lowest BCUT2D eigenvalue weighted by molar-refractivity contribution is -0.137. The summed E-state index contributed by atoms with van der Waals surface area (Å²) in [5.41, 5.74) is 3.22. The molecule has 0 aromatic heterocycles. The van der Waals surface area contributed by atoms with Crippen LogP contribution in [0.3, 0.4) is 0 Å². The van der Waals surface area contributed by atoms with Gasteiger partial charge in [0.1, 0.15) is 5.75 Å². The van der Waals surface area contributed by atoms with E-state index in [2.05, 4.69) is 42.4 Å². The van der Waals surface area contributed by atoms with Crippen molar-refractivity contribution >= 4 is 43.8 Å². The van der Waals surface area contributed by atoms with Crippen LogP contribution in [0.15, 0.2) is 50.4 Å². The molecule has 0 aliphatic rings. The largest absolute Gasteiger partial charge is 0.494 e. The van der Waals surface area contributed by atoms with Gasteiger partial charge in [-0.2, -0.15) is 18.3 Å². The van der Waals surface area contributed by atoms with Crippen LogP contribution in [0.2, 0.25) is 0 Å². The van der Waals surface area contributed by atoms with Gasteiger partial charge in [0.25, 0.3) is 0 Å². The molecule has 0 saturated carbocycles. The Morgan fingerprint density at radius 1 is 1.09 bits per heavy atom. The first-order chi connectivity index (χ1) is 10.8. The zero-order valence-corrected chi connectivity index (χ0v) is 15.0. The van der Waals surface area contributed by atoms with E-state index in [-0.39, 0.29) is 0 Å². The van der Waals surface area contributed by atoms with Crippen molar-refractivity contribution in [1.82, 2.24) is 0 Å². The Kier molecular flexibility index (Phi) is 5.69. The van der Waals surface area contributed by atoms with Gasteiger partial charge < -0.3 is 4.74 Å². The van der Waals surface area contributed by atoms with Crippen LogP contribution in [0.5, 0.6) is 5.75 Å². The van der Waals surface area contributed by atoms with Crippen molar-refractivity contribution in [3.8, 4) is 5.75 Å². The van der Waals surface area contributed by atoms with Crippen LogP contribution in [0.4, 0.5) is 18.9 Å². The van der Waals surface area contributed by atoms with E-state index in [0.29, 0.717) is 11.4 Å². The molecule has 122 valence electrons. The molecule has 2 rings (SSSR count). The Balaban J connectivity index is 2.07. The number of anilines is 1. The van der Waals surface area contributed by atoms with Gasteiger partial charge in [-0.3, -0.25) is 5.43 Å². The Morgan fingerprint density at radius 2 is 1.65 bits per heavy atom. The maximum Gasteiger partial charge on any atom is 0.416 e. The molecule has 23 heavy (non-hydrogen) atoms. The van der Waals surface area contributed by atoms with E-state index >= 15 is 0 Å². The number of alkyl halides is 3. The SMILES string of the molecule is COc1c(Br)cc(C=NNc2ccc(C(F)(F)F)cc2)cc1Br. The van der Waals surface area contributed by atoms with Gasteiger partial charge >= 0.3 is 6.18 Å². The zero-order chi connectivity index (χ0) is 17.0. The van der Waals surface area contributed by atoms with Crippen LogP contribution < -0.4 is 10.2 Å². The van der Waals surface area contributed by atoms with Gasteiger partial charge in [-0.05, 0) is 73.8 Å². The maximum absolute atomic E-state index is 12.5. The van der Waals surface area contributed by atoms with Gasteiger partial charge in [0.2, 0.25) is 0 Å². The monoisotopic (exact) mass is 450 g/mol. The summed E-state index contributed by atoms with van der Waals surface area (Å²) in [6.07, 6.45) is -2.80. The minimum atomic E-state index is -4.34. The van der Waals surface area contributed by atoms with Crippen LogP contribution in [-0.4, -0.2) is 13.3 Å². The molecule has 0 atom stereocenters. The minimum absolute atomic E-state index is 0.459. The molecule has 0 saturated heterocycles. The standard InChI is InChI=1S/C15H11Br2F3N2O/c1-23-14-12(16)6-9(7-13(14)17)8-21-22-11-4-2-10(3-5-11)15(18,19)20/h2-8,22H,1H3. The van der Waals surface area contributed by atoms with E-state index in [4.69, 9.17) is 4.74 Å². The number of halogens is 5. The van der Waals surface area contributed by atoms with E-state index < -0.39 is 11.7 Å². The van der Waals surface area contributed by atoms with Gasteiger partial charge in [-0.15, -0.1) is 0 Å². The van der Waals surface area contributed by atoms with Gasteiger partial charge in [0.15, 0.2) is 0 Å². The lowest BCUT2D eigenvalue weighted by atomic mass is 10.2. The predicted molar refractivity (Wildman–Crippen MR) is 91.1 cm³/mol. The first kappa shape index (κ1) is 17.8. The molecular formula is C15H11Br2F3N2O. The summed E-state index contributed by atoms with van der Waals surface area (Å²) in [5, 5.41) is 4.00. The summed E-state index contributed by atoms with van der Waals surface area (Å²) >= 11 is 6.76. The van der Waals surface area contributed by atoms with Crippen molar-refractivity contribution in [3.05, 3.63) is 56.5 Å². The molecule has 0 heterocycles. The van der Waals surface area contributed by atoms with Crippen molar-refractivity contribution in [2.45, 2.75) is 6.18 Å². The lowest BCUT2D eigenvalue weighted by Crippen LogP contribution is -2.04. The second-order valence-electron chi connectivity index (χ2n) is 4.46. The summed E-state index contributed by atoms with van der Waals surface area (Å²) in [7, 11) is 1.56. The number of hydrogen-bond acceptors (Lipinski definition) is 3. The first-order valence-electron chi connectivity index (χ1n) is 6.30. The highest BCUT2D eigenvalue weighted by Gasteiger charge is 2.29. The van der Waals surface area contributed by atoms with E-state index in [0.717, 1.165) is 26.6 Å². The van der Waals surface area contributed by atoms with Gasteiger partial charge in [-0.25, -0.2) is 0 Å². The third-order valence-corrected chi connectivity index (χ3v) is 4.02. The molecule has 8 heteroatoms. The molecule has 0 amide bonds. The molecule has 0 bridgehead atoms. The number of rotatable bonds is 4. The number of nitrogens with zero attached hydrogens (tertiary/aromatic N) is 1. The van der Waals surface area contributed by atoms with Crippen molar-refractivity contribution in [2.24, 2.45) is 5.10 Å². The van der Waals surface area contributed by atoms with E-state index in [1.54, 1.807) is 13.3 Å². The highest BCUT2D eigenvalue weighted by atomic mass is 79.9. The smallest absolute Gasteiger partial charge is 0.416 e. The molecule has 3 nitrogen and oxygen atoms in total. The van der Waals surface area contributed by atoms with Crippen molar-refractivity contribution in [2.75, 3.05) is 12.5 Å². The van der Waals surface area contributed by atoms with Crippen LogP contribution in [-0.2, 0) is 6.18 Å². The highest BCUT2D eigenvalue weighted by Crippen LogP contribution is 2.34. The molecule has 2 aromatic rings. The molecule has 0 fully saturated rings. The Labute approximate surface area is 147 Å². The number of methoxy groups -OCH3 is 1. The van der Waals surface area contributed by atoms with Crippen LogP contribution in [0, 0.1) is 0 Å². The van der Waals surface area contributed by atoms with Crippen molar-refractivity contribution in [1.29, 1.82) is 0 Å². The molecule has 0 aliphatic carbocycles. The molecule has 0 spiro atoms. The van der Waals surface area contributed by atoms with Crippen LogP contribution in [0.25, 0.3) is 0 Å². The number of hydrogen-bond donors (Lipinski definition) is 1. The van der Waals surface area contributed by atoms with E-state index in [1.165, 1.54) is 12.1 Å². The van der Waals surface area contributed by atoms with Gasteiger partial charge in [0, 0.05) is 0 Å². The second-order valence-corrected chi connectivity index (χ2v) is 6.17. The fourth-order valence-electron chi connectivity index (χ4n) is 1.76. The summed E-state index contributed by atoms with van der Waals surface area (Å²) in [4.78, 5) is 0. The normalized spacial score (nSPS) is 11.7. The minimum Gasteiger partial charge on any atom is -0.494 e. The van der Waals surface area contributed by atoms with Crippen LogP contribution >= 0.6 is 31.9 Å². The first-order valence-corrected chi connectivity index (χ1v) is 7.89.